The summed E-state index contributed by atoms with van der Waals surface area (Å²) in [6.45, 7) is 4.85. The predicted molar refractivity (Wildman–Crippen MR) is 143 cm³/mol. The summed E-state index contributed by atoms with van der Waals surface area (Å²) in [5.41, 5.74) is -0.521. The maximum absolute atomic E-state index is 12.8. The lowest BCUT2D eigenvalue weighted by atomic mass is 9.82. The molecule has 1 aromatic heterocycles. The van der Waals surface area contributed by atoms with Crippen LogP contribution in [0.15, 0.2) is 42.5 Å². The normalized spacial score (nSPS) is 19.5. The summed E-state index contributed by atoms with van der Waals surface area (Å²) in [5, 5.41) is 6.90. The molecule has 3 amide bonds. The van der Waals surface area contributed by atoms with E-state index in [1.807, 2.05) is 13.8 Å². The van der Waals surface area contributed by atoms with Gasteiger partial charge in [0.25, 0.3) is 5.91 Å². The van der Waals surface area contributed by atoms with E-state index in [9.17, 15) is 40.7 Å². The van der Waals surface area contributed by atoms with Crippen LogP contribution in [0.2, 0.25) is 0 Å². The van der Waals surface area contributed by atoms with Crippen LogP contribution in [0, 0.1) is 0 Å². The van der Waals surface area contributed by atoms with Gasteiger partial charge in [0.2, 0.25) is 5.91 Å². The van der Waals surface area contributed by atoms with E-state index in [4.69, 9.17) is 0 Å². The lowest BCUT2D eigenvalue weighted by molar-refractivity contribution is -0.167. The number of hydrogen-bond acceptors (Lipinski definition) is 5. The van der Waals surface area contributed by atoms with Crippen molar-refractivity contribution in [2.75, 3.05) is 25.0 Å². The second kappa shape index (κ2) is 14.0. The molecule has 0 radical (unpaired) electrons. The minimum atomic E-state index is -5.00. The van der Waals surface area contributed by atoms with Crippen molar-refractivity contribution in [1.82, 2.24) is 20.5 Å². The van der Waals surface area contributed by atoms with Crippen LogP contribution in [0.3, 0.4) is 0 Å². The van der Waals surface area contributed by atoms with E-state index in [0.29, 0.717) is 18.8 Å². The first kappa shape index (κ1) is 32.8. The Balaban J connectivity index is 0.00000237. The van der Waals surface area contributed by atoms with Crippen LogP contribution in [-0.4, -0.2) is 65.5 Å². The molecule has 1 aliphatic carbocycles. The van der Waals surface area contributed by atoms with E-state index in [-0.39, 0.29) is 35.9 Å². The molecule has 0 unspecified atom stereocenters. The molecule has 230 valence electrons. The van der Waals surface area contributed by atoms with Crippen molar-refractivity contribution in [3.8, 4) is 0 Å². The van der Waals surface area contributed by atoms with Crippen molar-refractivity contribution in [3.63, 3.8) is 0 Å². The number of benzene rings is 1. The number of carbonyl (C=O) groups excluding carboxylic acids is 3. The Morgan fingerprint density at radius 2 is 1.57 bits per heavy atom. The molecule has 1 aliphatic heterocycles. The fourth-order valence-electron chi connectivity index (χ4n) is 4.95. The first-order valence-corrected chi connectivity index (χ1v) is 13.6. The van der Waals surface area contributed by atoms with Crippen molar-refractivity contribution in [2.24, 2.45) is 0 Å². The van der Waals surface area contributed by atoms with Crippen LogP contribution < -0.4 is 16.0 Å². The summed E-state index contributed by atoms with van der Waals surface area (Å²) < 4.78 is 76.0. The van der Waals surface area contributed by atoms with E-state index in [1.165, 1.54) is 12.1 Å². The van der Waals surface area contributed by atoms with E-state index in [0.717, 1.165) is 43.9 Å². The van der Waals surface area contributed by atoms with Gasteiger partial charge in [-0.2, -0.15) is 26.3 Å². The van der Waals surface area contributed by atoms with Gasteiger partial charge in [-0.05, 0) is 56.0 Å². The lowest BCUT2D eigenvalue weighted by Crippen LogP contribution is -2.63. The number of pyridine rings is 1. The third-order valence-electron chi connectivity index (χ3n) is 7.04. The SMILES string of the molecule is CC.O=C(CNC(=O)c1cccc(C(F)(F)F)c1)NC1CN(C2CCC(c3cccc(NC(=O)C(F)(F)F)n3)CC2)C1. The molecule has 2 aromatic rings. The molecule has 8 nitrogen and oxygen atoms in total. The zero-order valence-electron chi connectivity index (χ0n) is 23.1. The minimum Gasteiger partial charge on any atom is -0.349 e. The molecule has 2 aliphatic rings. The highest BCUT2D eigenvalue weighted by Gasteiger charge is 2.39. The number of hydrogen-bond donors (Lipinski definition) is 3. The zero-order valence-corrected chi connectivity index (χ0v) is 23.1. The maximum atomic E-state index is 12.8. The Kier molecular flexibility index (Phi) is 10.9. The molecule has 2 heterocycles. The Labute approximate surface area is 239 Å². The average molecular weight is 602 g/mol. The number of carbonyl (C=O) groups is 3. The summed E-state index contributed by atoms with van der Waals surface area (Å²) in [6, 6.07) is 8.70. The van der Waals surface area contributed by atoms with E-state index in [1.54, 1.807) is 17.4 Å². The number of amides is 3. The second-order valence-electron chi connectivity index (χ2n) is 9.88. The van der Waals surface area contributed by atoms with Crippen molar-refractivity contribution < 1.29 is 40.7 Å². The van der Waals surface area contributed by atoms with Gasteiger partial charge >= 0.3 is 18.3 Å². The number of likely N-dealkylation sites (tertiary alicyclic amines) is 1. The minimum absolute atomic E-state index is 0.0520. The quantitative estimate of drug-likeness (QED) is 0.393. The van der Waals surface area contributed by atoms with Gasteiger partial charge in [-0.1, -0.05) is 26.0 Å². The molecule has 4 rings (SSSR count). The molecule has 0 atom stereocenters. The van der Waals surface area contributed by atoms with Gasteiger partial charge in [-0.3, -0.25) is 19.3 Å². The number of nitrogens with zero attached hydrogens (tertiary/aromatic N) is 2. The molecule has 0 spiro atoms. The molecule has 1 aromatic carbocycles. The van der Waals surface area contributed by atoms with Crippen molar-refractivity contribution >= 4 is 23.5 Å². The predicted octanol–water partition coefficient (Wildman–Crippen LogP) is 4.88. The number of aromatic nitrogens is 1. The summed E-state index contributed by atoms with van der Waals surface area (Å²) in [4.78, 5) is 42.0. The number of halogens is 6. The Hall–Kier alpha value is -3.68. The highest BCUT2D eigenvalue weighted by molar-refractivity contribution is 5.96. The van der Waals surface area contributed by atoms with Crippen molar-refractivity contribution in [1.29, 1.82) is 0 Å². The van der Waals surface area contributed by atoms with Crippen LogP contribution >= 0.6 is 0 Å². The molecule has 2 fully saturated rings. The summed E-state index contributed by atoms with van der Waals surface area (Å²) in [7, 11) is 0. The van der Waals surface area contributed by atoms with Crippen molar-refractivity contribution in [3.05, 3.63) is 59.3 Å². The summed E-state index contributed by atoms with van der Waals surface area (Å²) in [6.07, 6.45) is -6.38. The number of nitrogens with one attached hydrogen (secondary N) is 3. The van der Waals surface area contributed by atoms with Crippen LogP contribution in [0.5, 0.6) is 0 Å². The van der Waals surface area contributed by atoms with E-state index < -0.39 is 35.6 Å². The van der Waals surface area contributed by atoms with Gasteiger partial charge < -0.3 is 16.0 Å². The summed E-state index contributed by atoms with van der Waals surface area (Å²) in [5.74, 6) is -3.39. The van der Waals surface area contributed by atoms with Gasteiger partial charge in [0.05, 0.1) is 18.2 Å². The van der Waals surface area contributed by atoms with Crippen LogP contribution in [0.1, 0.15) is 67.1 Å². The van der Waals surface area contributed by atoms with Gasteiger partial charge in [0, 0.05) is 36.3 Å². The Bertz CT molecular complexity index is 1240. The average Bonchev–Trinajstić information content (AvgIpc) is 2.94. The third-order valence-corrected chi connectivity index (χ3v) is 7.04. The fraction of sp³-hybridized carbons (Fsp3) is 0.500. The molecule has 1 saturated heterocycles. The largest absolute Gasteiger partial charge is 0.471 e. The zero-order chi connectivity index (χ0) is 31.1. The molecular weight excluding hydrogens is 568 g/mol. The van der Waals surface area contributed by atoms with Gasteiger partial charge in [0.1, 0.15) is 5.82 Å². The lowest BCUT2D eigenvalue weighted by Gasteiger charge is -2.46. The highest BCUT2D eigenvalue weighted by atomic mass is 19.4. The molecular formula is C28H33F6N5O3. The standard InChI is InChI=1S/C26H27F6N5O3.C2H6/c27-25(28,29)17-4-1-3-16(11-17)23(39)33-12-22(38)34-18-13-37(14-18)19-9-7-15(8-10-19)20-5-2-6-21(35-20)36-24(40)26(30,31)32;1-2/h1-6,11,15,18-19H,7-10,12-14H2,(H,33,39)(H,34,38)(H,35,36,40);1-2H3. The van der Waals surface area contributed by atoms with Gasteiger partial charge in [-0.15, -0.1) is 0 Å². The molecule has 0 bridgehead atoms. The Morgan fingerprint density at radius 1 is 0.929 bits per heavy atom. The monoisotopic (exact) mass is 601 g/mol. The second-order valence-corrected chi connectivity index (χ2v) is 9.88. The number of rotatable bonds is 7. The third kappa shape index (κ3) is 8.91. The molecule has 3 N–H and O–H groups in total. The van der Waals surface area contributed by atoms with Gasteiger partial charge in [-0.25, -0.2) is 4.98 Å². The van der Waals surface area contributed by atoms with E-state index in [2.05, 4.69) is 20.5 Å². The van der Waals surface area contributed by atoms with E-state index >= 15 is 0 Å². The maximum Gasteiger partial charge on any atom is 0.471 e. The van der Waals surface area contributed by atoms with Crippen molar-refractivity contribution in [2.45, 2.75) is 69.9 Å². The molecule has 42 heavy (non-hydrogen) atoms. The molecule has 14 heteroatoms. The number of alkyl halides is 6. The fourth-order valence-corrected chi connectivity index (χ4v) is 4.95. The first-order valence-electron chi connectivity index (χ1n) is 13.6. The Morgan fingerprint density at radius 3 is 2.19 bits per heavy atom. The van der Waals surface area contributed by atoms with Gasteiger partial charge in [0.15, 0.2) is 0 Å². The highest BCUT2D eigenvalue weighted by Crippen LogP contribution is 2.36. The van der Waals surface area contributed by atoms with Crippen LogP contribution in [-0.2, 0) is 15.8 Å². The smallest absolute Gasteiger partial charge is 0.349 e. The molecule has 1 saturated carbocycles. The first-order chi connectivity index (χ1) is 19.8. The topological polar surface area (TPSA) is 103 Å². The number of anilines is 1. The van der Waals surface area contributed by atoms with Crippen LogP contribution in [0.4, 0.5) is 32.2 Å². The van der Waals surface area contributed by atoms with Crippen LogP contribution in [0.25, 0.3) is 0 Å². The summed E-state index contributed by atoms with van der Waals surface area (Å²) >= 11 is 0.